The third kappa shape index (κ3) is 3.57. The Morgan fingerprint density at radius 1 is 1.44 bits per heavy atom. The molecule has 0 fully saturated rings. The standard InChI is InChI=1S/C11H19BrN2O3S/c1-4-6-14(3)18(15,16)10-7-9(8-13-5-2)17-11(10)12/h7,13H,4-6,8H2,1-3H3. The molecule has 0 saturated carbocycles. The third-order valence-corrected chi connectivity index (χ3v) is 5.20. The molecule has 18 heavy (non-hydrogen) atoms. The van der Waals surface area contributed by atoms with E-state index in [-0.39, 0.29) is 9.56 Å². The Labute approximate surface area is 117 Å². The minimum absolute atomic E-state index is 0.186. The summed E-state index contributed by atoms with van der Waals surface area (Å²) in [4.78, 5) is 0.186. The van der Waals surface area contributed by atoms with Crippen LogP contribution in [-0.2, 0) is 16.6 Å². The van der Waals surface area contributed by atoms with Crippen LogP contribution in [0.15, 0.2) is 20.0 Å². The fraction of sp³-hybridized carbons (Fsp3) is 0.636. The molecule has 5 nitrogen and oxygen atoms in total. The SMILES string of the molecule is CCCN(C)S(=O)(=O)c1cc(CNCC)oc1Br. The van der Waals surface area contributed by atoms with Crippen LogP contribution >= 0.6 is 15.9 Å². The quantitative estimate of drug-likeness (QED) is 0.827. The van der Waals surface area contributed by atoms with Crippen molar-refractivity contribution >= 4 is 26.0 Å². The summed E-state index contributed by atoms with van der Waals surface area (Å²) in [5.41, 5.74) is 0. The monoisotopic (exact) mass is 338 g/mol. The van der Waals surface area contributed by atoms with Crippen molar-refractivity contribution in [2.24, 2.45) is 0 Å². The van der Waals surface area contributed by atoms with Crippen LogP contribution in [0.1, 0.15) is 26.0 Å². The Balaban J connectivity index is 2.98. The predicted octanol–water partition coefficient (Wildman–Crippen LogP) is 2.18. The lowest BCUT2D eigenvalue weighted by Gasteiger charge is -2.14. The Bertz CT molecular complexity index is 484. The van der Waals surface area contributed by atoms with Gasteiger partial charge in [0.2, 0.25) is 10.0 Å². The van der Waals surface area contributed by atoms with Crippen LogP contribution in [0.2, 0.25) is 0 Å². The molecule has 104 valence electrons. The summed E-state index contributed by atoms with van der Waals surface area (Å²) in [6.45, 7) is 5.72. The van der Waals surface area contributed by atoms with Gasteiger partial charge in [-0.2, -0.15) is 0 Å². The van der Waals surface area contributed by atoms with E-state index in [1.807, 2.05) is 13.8 Å². The van der Waals surface area contributed by atoms with Gasteiger partial charge in [0.15, 0.2) is 4.67 Å². The molecule has 0 aliphatic rings. The highest BCUT2D eigenvalue weighted by Crippen LogP contribution is 2.28. The molecule has 0 spiro atoms. The van der Waals surface area contributed by atoms with Crippen LogP contribution in [0.4, 0.5) is 0 Å². The first-order valence-corrected chi connectivity index (χ1v) is 8.12. The largest absolute Gasteiger partial charge is 0.452 e. The van der Waals surface area contributed by atoms with E-state index in [1.54, 1.807) is 13.1 Å². The molecule has 0 aliphatic heterocycles. The number of nitrogens with zero attached hydrogens (tertiary/aromatic N) is 1. The van der Waals surface area contributed by atoms with E-state index in [0.717, 1.165) is 13.0 Å². The molecular formula is C11H19BrN2O3S. The lowest BCUT2D eigenvalue weighted by Crippen LogP contribution is -2.27. The first-order valence-electron chi connectivity index (χ1n) is 5.88. The van der Waals surface area contributed by atoms with Crippen molar-refractivity contribution in [1.29, 1.82) is 0 Å². The van der Waals surface area contributed by atoms with Crippen molar-refractivity contribution in [2.75, 3.05) is 20.1 Å². The molecule has 0 bridgehead atoms. The first kappa shape index (κ1) is 15.7. The number of hydrogen-bond donors (Lipinski definition) is 1. The van der Waals surface area contributed by atoms with Crippen LogP contribution in [0.25, 0.3) is 0 Å². The van der Waals surface area contributed by atoms with Crippen molar-refractivity contribution in [3.05, 3.63) is 16.5 Å². The third-order valence-electron chi connectivity index (χ3n) is 2.48. The van der Waals surface area contributed by atoms with Crippen molar-refractivity contribution in [3.8, 4) is 0 Å². The van der Waals surface area contributed by atoms with Gasteiger partial charge in [-0.15, -0.1) is 0 Å². The van der Waals surface area contributed by atoms with Gasteiger partial charge in [-0.1, -0.05) is 13.8 Å². The molecule has 1 aromatic rings. The van der Waals surface area contributed by atoms with Gasteiger partial charge >= 0.3 is 0 Å². The van der Waals surface area contributed by atoms with E-state index < -0.39 is 10.0 Å². The number of sulfonamides is 1. The van der Waals surface area contributed by atoms with Crippen molar-refractivity contribution in [2.45, 2.75) is 31.7 Å². The zero-order chi connectivity index (χ0) is 13.8. The average Bonchev–Trinajstić information content (AvgIpc) is 2.69. The summed E-state index contributed by atoms with van der Waals surface area (Å²) in [5, 5.41) is 3.09. The average molecular weight is 339 g/mol. The molecule has 0 saturated heterocycles. The number of halogens is 1. The minimum atomic E-state index is -3.47. The lowest BCUT2D eigenvalue weighted by molar-refractivity contribution is 0.453. The van der Waals surface area contributed by atoms with E-state index in [1.165, 1.54) is 4.31 Å². The molecule has 0 atom stereocenters. The normalized spacial score (nSPS) is 12.3. The smallest absolute Gasteiger partial charge is 0.247 e. The number of rotatable bonds is 7. The van der Waals surface area contributed by atoms with Crippen molar-refractivity contribution < 1.29 is 12.8 Å². The van der Waals surface area contributed by atoms with Gasteiger partial charge < -0.3 is 9.73 Å². The molecule has 0 aliphatic carbocycles. The van der Waals surface area contributed by atoms with E-state index in [9.17, 15) is 8.42 Å². The van der Waals surface area contributed by atoms with E-state index >= 15 is 0 Å². The van der Waals surface area contributed by atoms with Crippen molar-refractivity contribution in [3.63, 3.8) is 0 Å². The number of nitrogens with one attached hydrogen (secondary N) is 1. The van der Waals surface area contributed by atoms with Gasteiger partial charge in [0.25, 0.3) is 0 Å². The van der Waals surface area contributed by atoms with Crippen LogP contribution in [0, 0.1) is 0 Å². The fourth-order valence-corrected chi connectivity index (χ4v) is 3.73. The summed E-state index contributed by atoms with van der Waals surface area (Å²) in [6, 6.07) is 1.56. The summed E-state index contributed by atoms with van der Waals surface area (Å²) in [5.74, 6) is 0.604. The Kier molecular flexibility index (Phi) is 5.84. The molecule has 1 heterocycles. The zero-order valence-corrected chi connectivity index (χ0v) is 13.3. The number of hydrogen-bond acceptors (Lipinski definition) is 4. The highest BCUT2D eigenvalue weighted by Gasteiger charge is 2.26. The molecule has 1 N–H and O–H groups in total. The molecule has 0 aromatic carbocycles. The fourth-order valence-electron chi connectivity index (χ4n) is 1.51. The summed E-state index contributed by atoms with van der Waals surface area (Å²) in [7, 11) is -1.90. The van der Waals surface area contributed by atoms with Gasteiger partial charge in [-0.25, -0.2) is 12.7 Å². The van der Waals surface area contributed by atoms with Crippen LogP contribution in [0.5, 0.6) is 0 Å². The van der Waals surface area contributed by atoms with E-state index in [2.05, 4.69) is 21.2 Å². The second-order valence-corrected chi connectivity index (χ2v) is 6.69. The highest BCUT2D eigenvalue weighted by atomic mass is 79.9. The van der Waals surface area contributed by atoms with Crippen LogP contribution in [-0.4, -0.2) is 32.9 Å². The maximum Gasteiger partial charge on any atom is 0.247 e. The topological polar surface area (TPSA) is 62.6 Å². The molecule has 0 amide bonds. The summed E-state index contributed by atoms with van der Waals surface area (Å²) < 4.78 is 31.5. The summed E-state index contributed by atoms with van der Waals surface area (Å²) in [6.07, 6.45) is 0.773. The second kappa shape index (κ2) is 6.70. The molecular weight excluding hydrogens is 320 g/mol. The van der Waals surface area contributed by atoms with Gasteiger partial charge in [-0.05, 0) is 28.9 Å². The van der Waals surface area contributed by atoms with Crippen LogP contribution in [0.3, 0.4) is 0 Å². The van der Waals surface area contributed by atoms with Gasteiger partial charge in [0, 0.05) is 19.7 Å². The Morgan fingerprint density at radius 2 is 2.11 bits per heavy atom. The maximum absolute atomic E-state index is 12.2. The Morgan fingerprint density at radius 3 is 2.67 bits per heavy atom. The molecule has 1 aromatic heterocycles. The van der Waals surface area contributed by atoms with E-state index in [0.29, 0.717) is 18.8 Å². The molecule has 0 radical (unpaired) electrons. The van der Waals surface area contributed by atoms with Gasteiger partial charge in [0.1, 0.15) is 10.7 Å². The molecule has 7 heteroatoms. The second-order valence-electron chi connectivity index (χ2n) is 3.96. The summed E-state index contributed by atoms with van der Waals surface area (Å²) >= 11 is 3.16. The zero-order valence-electron chi connectivity index (χ0n) is 10.9. The minimum Gasteiger partial charge on any atom is -0.452 e. The van der Waals surface area contributed by atoms with E-state index in [4.69, 9.17) is 4.42 Å². The van der Waals surface area contributed by atoms with Crippen molar-refractivity contribution in [1.82, 2.24) is 9.62 Å². The van der Waals surface area contributed by atoms with Gasteiger partial charge in [0.05, 0.1) is 6.54 Å². The molecule has 0 unspecified atom stereocenters. The van der Waals surface area contributed by atoms with Gasteiger partial charge in [-0.3, -0.25) is 0 Å². The Hall–Kier alpha value is -0.370. The molecule has 1 rings (SSSR count). The maximum atomic E-state index is 12.2. The highest BCUT2D eigenvalue weighted by molar-refractivity contribution is 9.10. The lowest BCUT2D eigenvalue weighted by atomic mass is 10.4. The van der Waals surface area contributed by atoms with Crippen LogP contribution < -0.4 is 5.32 Å². The predicted molar refractivity (Wildman–Crippen MR) is 73.9 cm³/mol. The first-order chi connectivity index (χ1) is 8.43. The number of furan rings is 1.